The molecule has 1 aliphatic rings. The smallest absolute Gasteiger partial charge is 0.308 e. The number of rotatable bonds is 6. The number of hydrogen-bond donors (Lipinski definition) is 1. The molecule has 3 rings (SSSR count). The number of benzene rings is 2. The number of hydrogen-bond acceptors (Lipinski definition) is 3. The van der Waals surface area contributed by atoms with Gasteiger partial charge >= 0.3 is 5.97 Å². The van der Waals surface area contributed by atoms with Crippen molar-refractivity contribution < 1.29 is 14.7 Å². The van der Waals surface area contributed by atoms with Crippen molar-refractivity contribution in [2.24, 2.45) is 5.92 Å². The number of aldehydes is 1. The summed E-state index contributed by atoms with van der Waals surface area (Å²) in [6, 6.07) is 15.3. The maximum atomic E-state index is 11.6. The van der Waals surface area contributed by atoms with Gasteiger partial charge in [-0.15, -0.1) is 0 Å². The Hall–Kier alpha value is -2.62. The Bertz CT molecular complexity index is 712. The normalized spacial score (nSPS) is 14.3. The van der Waals surface area contributed by atoms with Crippen molar-refractivity contribution in [1.82, 2.24) is 0 Å². The van der Waals surface area contributed by atoms with Gasteiger partial charge in [0.2, 0.25) is 0 Å². The van der Waals surface area contributed by atoms with Crippen LogP contribution in [0.25, 0.3) is 0 Å². The molecule has 2 aromatic carbocycles. The van der Waals surface area contributed by atoms with Gasteiger partial charge in [-0.1, -0.05) is 30.3 Å². The second-order valence-electron chi connectivity index (χ2n) is 5.93. The molecule has 1 aliphatic heterocycles. The van der Waals surface area contributed by atoms with Gasteiger partial charge in [0, 0.05) is 24.3 Å². The van der Waals surface area contributed by atoms with E-state index in [-0.39, 0.29) is 0 Å². The van der Waals surface area contributed by atoms with Crippen LogP contribution in [0.2, 0.25) is 0 Å². The number of aliphatic carboxylic acids is 1. The summed E-state index contributed by atoms with van der Waals surface area (Å²) in [7, 11) is 0. The fourth-order valence-corrected chi connectivity index (χ4v) is 3.15. The van der Waals surface area contributed by atoms with Gasteiger partial charge in [-0.3, -0.25) is 9.59 Å². The van der Waals surface area contributed by atoms with Crippen molar-refractivity contribution in [1.29, 1.82) is 0 Å². The number of fused-ring (bicyclic) bond motifs is 1. The van der Waals surface area contributed by atoms with Gasteiger partial charge in [0.15, 0.2) is 0 Å². The maximum Gasteiger partial charge on any atom is 0.308 e. The predicted molar refractivity (Wildman–Crippen MR) is 89.0 cm³/mol. The molecule has 4 nitrogen and oxygen atoms in total. The summed E-state index contributed by atoms with van der Waals surface area (Å²) in [5.74, 6) is -1.22. The van der Waals surface area contributed by atoms with Gasteiger partial charge in [0.25, 0.3) is 0 Å². The second-order valence-corrected chi connectivity index (χ2v) is 5.93. The highest BCUT2D eigenvalue weighted by atomic mass is 16.4. The van der Waals surface area contributed by atoms with E-state index in [1.165, 1.54) is 0 Å². The van der Waals surface area contributed by atoms with Crippen LogP contribution in [-0.2, 0) is 17.6 Å². The average Bonchev–Trinajstić information content (AvgIpc) is 2.97. The van der Waals surface area contributed by atoms with Gasteiger partial charge in [-0.05, 0) is 42.2 Å². The molecule has 0 fully saturated rings. The predicted octanol–water partition coefficient (Wildman–Crippen LogP) is 2.81. The lowest BCUT2D eigenvalue weighted by atomic mass is 9.99. The third-order valence-electron chi connectivity index (χ3n) is 4.35. The van der Waals surface area contributed by atoms with Crippen LogP contribution >= 0.6 is 0 Å². The lowest BCUT2D eigenvalue weighted by Crippen LogP contribution is -2.33. The molecule has 1 heterocycles. The molecule has 0 radical (unpaired) electrons. The van der Waals surface area contributed by atoms with E-state index in [1.807, 2.05) is 42.5 Å². The molecule has 1 N–H and O–H groups in total. The first-order chi connectivity index (χ1) is 11.2. The minimum atomic E-state index is -0.771. The molecule has 118 valence electrons. The summed E-state index contributed by atoms with van der Waals surface area (Å²) in [4.78, 5) is 24.6. The van der Waals surface area contributed by atoms with Gasteiger partial charge in [-0.25, -0.2) is 0 Å². The van der Waals surface area contributed by atoms with Crippen molar-refractivity contribution in [3.05, 3.63) is 65.2 Å². The monoisotopic (exact) mass is 309 g/mol. The molecule has 0 saturated carbocycles. The molecule has 1 unspecified atom stereocenters. The molecule has 0 spiro atoms. The van der Waals surface area contributed by atoms with Crippen LogP contribution in [0.4, 0.5) is 5.69 Å². The number of carbonyl (C=O) groups excluding carboxylic acids is 1. The first kappa shape index (κ1) is 15.3. The fourth-order valence-electron chi connectivity index (χ4n) is 3.15. The van der Waals surface area contributed by atoms with Crippen molar-refractivity contribution in [2.75, 3.05) is 18.0 Å². The first-order valence-corrected chi connectivity index (χ1v) is 7.77. The van der Waals surface area contributed by atoms with Crippen LogP contribution in [-0.4, -0.2) is 30.5 Å². The third kappa shape index (κ3) is 3.42. The minimum Gasteiger partial charge on any atom is -0.481 e. The zero-order chi connectivity index (χ0) is 16.2. The largest absolute Gasteiger partial charge is 0.481 e. The summed E-state index contributed by atoms with van der Waals surface area (Å²) in [5, 5.41) is 9.55. The summed E-state index contributed by atoms with van der Waals surface area (Å²) < 4.78 is 0. The number of carboxylic acid groups (broad SMARTS) is 1. The summed E-state index contributed by atoms with van der Waals surface area (Å²) in [6.07, 6.45) is 2.22. The Morgan fingerprint density at radius 1 is 1.22 bits per heavy atom. The van der Waals surface area contributed by atoms with Gasteiger partial charge in [-0.2, -0.15) is 0 Å². The van der Waals surface area contributed by atoms with E-state index in [0.29, 0.717) is 18.5 Å². The molecule has 0 saturated heterocycles. The van der Waals surface area contributed by atoms with E-state index >= 15 is 0 Å². The van der Waals surface area contributed by atoms with E-state index < -0.39 is 11.9 Å². The second kappa shape index (κ2) is 6.65. The molecule has 0 aromatic heterocycles. The molecule has 4 heteroatoms. The Morgan fingerprint density at radius 3 is 2.70 bits per heavy atom. The first-order valence-electron chi connectivity index (χ1n) is 7.77. The van der Waals surface area contributed by atoms with E-state index in [1.54, 1.807) is 6.07 Å². The zero-order valence-electron chi connectivity index (χ0n) is 12.8. The number of nitrogens with zero attached hydrogens (tertiary/aromatic N) is 1. The van der Waals surface area contributed by atoms with Crippen LogP contribution < -0.4 is 4.90 Å². The topological polar surface area (TPSA) is 57.6 Å². The maximum absolute atomic E-state index is 11.6. The highest BCUT2D eigenvalue weighted by Gasteiger charge is 2.26. The van der Waals surface area contributed by atoms with Crippen LogP contribution in [0.3, 0.4) is 0 Å². The highest BCUT2D eigenvalue weighted by Crippen LogP contribution is 2.29. The number of anilines is 1. The van der Waals surface area contributed by atoms with Crippen molar-refractivity contribution in [3.8, 4) is 0 Å². The third-order valence-corrected chi connectivity index (χ3v) is 4.35. The molecule has 1 atom stereocenters. The molecule has 0 amide bonds. The highest BCUT2D eigenvalue weighted by molar-refractivity contribution is 5.78. The Morgan fingerprint density at radius 2 is 2.00 bits per heavy atom. The summed E-state index contributed by atoms with van der Waals surface area (Å²) in [5.41, 5.74) is 3.88. The lowest BCUT2D eigenvalue weighted by molar-refractivity contribution is -0.141. The van der Waals surface area contributed by atoms with Crippen LogP contribution in [0.1, 0.15) is 21.5 Å². The quantitative estimate of drug-likeness (QED) is 0.834. The average molecular weight is 309 g/mol. The minimum absolute atomic E-state index is 0.450. The van der Waals surface area contributed by atoms with E-state index in [2.05, 4.69) is 4.90 Å². The van der Waals surface area contributed by atoms with E-state index in [0.717, 1.165) is 36.1 Å². The number of carbonyl (C=O) groups is 2. The molecular formula is C19H19NO3. The van der Waals surface area contributed by atoms with Gasteiger partial charge in [0.1, 0.15) is 6.29 Å². The molecule has 23 heavy (non-hydrogen) atoms. The van der Waals surface area contributed by atoms with Gasteiger partial charge in [0.05, 0.1) is 5.92 Å². The Labute approximate surface area is 135 Å². The molecule has 0 bridgehead atoms. The fraction of sp³-hybridized carbons (Fsp3) is 0.263. The zero-order valence-corrected chi connectivity index (χ0v) is 12.8. The Balaban J connectivity index is 1.75. The van der Waals surface area contributed by atoms with E-state index in [4.69, 9.17) is 0 Å². The SMILES string of the molecule is O=Cc1ccc2c(c1)CCN2CC(Cc1ccccc1)C(=O)O. The summed E-state index contributed by atoms with van der Waals surface area (Å²) in [6.45, 7) is 1.29. The standard InChI is InChI=1S/C19H19NO3/c21-13-15-6-7-18-16(11-15)8-9-20(18)12-17(19(22)23)10-14-4-2-1-3-5-14/h1-7,11,13,17H,8-10,12H2,(H,22,23). The lowest BCUT2D eigenvalue weighted by Gasteiger charge is -2.24. The van der Waals surface area contributed by atoms with Crippen LogP contribution in [0.15, 0.2) is 48.5 Å². The molecule has 2 aromatic rings. The van der Waals surface area contributed by atoms with Crippen LogP contribution in [0.5, 0.6) is 0 Å². The number of carboxylic acids is 1. The van der Waals surface area contributed by atoms with Crippen molar-refractivity contribution in [3.63, 3.8) is 0 Å². The van der Waals surface area contributed by atoms with Crippen LogP contribution in [0, 0.1) is 5.92 Å². The Kier molecular flexibility index (Phi) is 4.42. The molecule has 0 aliphatic carbocycles. The van der Waals surface area contributed by atoms with Crippen molar-refractivity contribution >= 4 is 17.9 Å². The molecular weight excluding hydrogens is 290 g/mol. The summed E-state index contributed by atoms with van der Waals surface area (Å²) >= 11 is 0. The van der Waals surface area contributed by atoms with E-state index in [9.17, 15) is 14.7 Å². The van der Waals surface area contributed by atoms with Gasteiger partial charge < -0.3 is 10.0 Å². The van der Waals surface area contributed by atoms with Crippen molar-refractivity contribution in [2.45, 2.75) is 12.8 Å².